The van der Waals surface area contributed by atoms with Crippen LogP contribution in [0.1, 0.15) is 0 Å². The van der Waals surface area contributed by atoms with Gasteiger partial charge in [-0.1, -0.05) is 115 Å². The topological polar surface area (TPSA) is 8.17 Å². The molecule has 0 saturated carbocycles. The van der Waals surface area contributed by atoms with Gasteiger partial charge in [-0.2, -0.15) is 0 Å². The molecule has 0 aliphatic rings. The molecular weight excluding hydrogens is 532 g/mol. The van der Waals surface area contributed by atoms with E-state index in [1.807, 2.05) is 0 Å². The van der Waals surface area contributed by atoms with Gasteiger partial charge in [0.15, 0.2) is 0 Å². The molecule has 2 nitrogen and oxygen atoms in total. The fourth-order valence-electron chi connectivity index (χ4n) is 6.99. The lowest BCUT2D eigenvalue weighted by molar-refractivity contribution is 1.18. The van der Waals surface area contributed by atoms with Gasteiger partial charge in [-0.3, -0.25) is 0 Å². The molecule has 9 aromatic rings. The van der Waals surface area contributed by atoms with E-state index in [9.17, 15) is 0 Å². The van der Waals surface area contributed by atoms with Crippen molar-refractivity contribution >= 4 is 60.4 Å². The molecule has 1 aromatic heterocycles. The Balaban J connectivity index is 1.21. The molecular formula is C42H28N2. The third kappa shape index (κ3) is 3.75. The van der Waals surface area contributed by atoms with Crippen LogP contribution in [0.4, 0.5) is 17.1 Å². The Kier molecular flexibility index (Phi) is 5.54. The fraction of sp³-hybridized carbons (Fsp3) is 0. The van der Waals surface area contributed by atoms with E-state index in [1.54, 1.807) is 0 Å². The highest BCUT2D eigenvalue weighted by Crippen LogP contribution is 2.44. The summed E-state index contributed by atoms with van der Waals surface area (Å²) in [5, 5.41) is 7.67. The maximum absolute atomic E-state index is 2.40. The SMILES string of the molecule is c1ccc(N(c2ccc(-c3ccc4c5c3ccc3cccc(c35)n4-c3ccccc3)cc2)c2cccc3ccccc23)cc1. The third-order valence-corrected chi connectivity index (χ3v) is 8.93. The number of para-hydroxylation sites is 2. The number of aromatic nitrogens is 1. The predicted molar refractivity (Wildman–Crippen MR) is 187 cm³/mol. The minimum Gasteiger partial charge on any atom is -0.310 e. The number of hydrogen-bond donors (Lipinski definition) is 0. The van der Waals surface area contributed by atoms with Crippen LogP contribution in [0.25, 0.3) is 60.2 Å². The molecule has 2 heteroatoms. The molecule has 206 valence electrons. The van der Waals surface area contributed by atoms with Gasteiger partial charge in [-0.05, 0) is 81.9 Å². The summed E-state index contributed by atoms with van der Waals surface area (Å²) in [5.41, 5.74) is 9.56. The second-order valence-corrected chi connectivity index (χ2v) is 11.4. The van der Waals surface area contributed by atoms with E-state index in [0.29, 0.717) is 0 Å². The highest BCUT2D eigenvalue weighted by Gasteiger charge is 2.19. The number of benzene rings is 8. The maximum Gasteiger partial charge on any atom is 0.0547 e. The molecule has 0 saturated heterocycles. The second kappa shape index (κ2) is 9.86. The molecule has 0 unspecified atom stereocenters. The van der Waals surface area contributed by atoms with Crippen LogP contribution in [0.3, 0.4) is 0 Å². The first-order valence-electron chi connectivity index (χ1n) is 15.1. The Morgan fingerprint density at radius 3 is 1.89 bits per heavy atom. The minimum atomic E-state index is 1.13. The van der Waals surface area contributed by atoms with Crippen LogP contribution in [-0.2, 0) is 0 Å². The normalized spacial score (nSPS) is 11.6. The Labute approximate surface area is 256 Å². The molecule has 0 bridgehead atoms. The number of nitrogens with zero attached hydrogens (tertiary/aromatic N) is 2. The first kappa shape index (κ1) is 24.7. The first-order valence-corrected chi connectivity index (χ1v) is 15.1. The number of hydrogen-bond acceptors (Lipinski definition) is 1. The van der Waals surface area contributed by atoms with E-state index in [1.165, 1.54) is 65.9 Å². The van der Waals surface area contributed by atoms with Crippen LogP contribution in [-0.4, -0.2) is 4.57 Å². The molecule has 0 N–H and O–H groups in total. The molecule has 0 fully saturated rings. The molecule has 44 heavy (non-hydrogen) atoms. The van der Waals surface area contributed by atoms with E-state index < -0.39 is 0 Å². The van der Waals surface area contributed by atoms with Crippen molar-refractivity contribution in [2.75, 3.05) is 4.90 Å². The lowest BCUT2D eigenvalue weighted by atomic mass is 9.94. The van der Waals surface area contributed by atoms with Crippen molar-refractivity contribution in [2.24, 2.45) is 0 Å². The highest BCUT2D eigenvalue weighted by atomic mass is 15.1. The highest BCUT2D eigenvalue weighted by molar-refractivity contribution is 6.26. The monoisotopic (exact) mass is 560 g/mol. The molecule has 8 aromatic carbocycles. The van der Waals surface area contributed by atoms with Crippen LogP contribution in [0.2, 0.25) is 0 Å². The van der Waals surface area contributed by atoms with E-state index in [4.69, 9.17) is 0 Å². The summed E-state index contributed by atoms with van der Waals surface area (Å²) in [6, 6.07) is 61.3. The predicted octanol–water partition coefficient (Wildman–Crippen LogP) is 11.7. The zero-order valence-electron chi connectivity index (χ0n) is 24.1. The lowest BCUT2D eigenvalue weighted by Gasteiger charge is -2.27. The van der Waals surface area contributed by atoms with Crippen molar-refractivity contribution in [1.29, 1.82) is 0 Å². The summed E-state index contributed by atoms with van der Waals surface area (Å²) in [4.78, 5) is 2.36. The third-order valence-electron chi connectivity index (χ3n) is 8.93. The largest absolute Gasteiger partial charge is 0.310 e. The zero-order valence-corrected chi connectivity index (χ0v) is 24.1. The molecule has 9 rings (SSSR count). The van der Waals surface area contributed by atoms with Gasteiger partial charge in [0, 0.05) is 33.2 Å². The van der Waals surface area contributed by atoms with Crippen LogP contribution in [0.5, 0.6) is 0 Å². The smallest absolute Gasteiger partial charge is 0.0547 e. The van der Waals surface area contributed by atoms with E-state index in [-0.39, 0.29) is 0 Å². The van der Waals surface area contributed by atoms with Crippen LogP contribution >= 0.6 is 0 Å². The Morgan fingerprint density at radius 1 is 0.386 bits per heavy atom. The molecule has 0 spiro atoms. The summed E-state index contributed by atoms with van der Waals surface area (Å²) in [7, 11) is 0. The van der Waals surface area contributed by atoms with Crippen molar-refractivity contribution in [3.05, 3.63) is 170 Å². The standard InChI is InChI=1S/C42H28N2/c1-3-14-32(15-4-1)43(38-19-9-12-29-11-7-8-18-36(29)38)34-24-21-30(22-25-34)35-27-28-40-42-37(35)26-23-31-13-10-20-39(41(31)42)44(40)33-16-5-2-6-17-33/h1-28H. The molecule has 1 heterocycles. The van der Waals surface area contributed by atoms with Crippen LogP contribution in [0.15, 0.2) is 170 Å². The van der Waals surface area contributed by atoms with Crippen molar-refractivity contribution < 1.29 is 0 Å². The van der Waals surface area contributed by atoms with Crippen molar-refractivity contribution in [2.45, 2.75) is 0 Å². The molecule has 0 amide bonds. The zero-order chi connectivity index (χ0) is 29.0. The number of anilines is 3. The minimum absolute atomic E-state index is 1.13. The second-order valence-electron chi connectivity index (χ2n) is 11.4. The summed E-state index contributed by atoms with van der Waals surface area (Å²) >= 11 is 0. The van der Waals surface area contributed by atoms with Gasteiger partial charge in [0.2, 0.25) is 0 Å². The van der Waals surface area contributed by atoms with Gasteiger partial charge in [0.25, 0.3) is 0 Å². The Bertz CT molecular complexity index is 2410. The molecule has 0 radical (unpaired) electrons. The van der Waals surface area contributed by atoms with Gasteiger partial charge in [-0.15, -0.1) is 0 Å². The average Bonchev–Trinajstić information content (AvgIpc) is 3.44. The summed E-state index contributed by atoms with van der Waals surface area (Å²) in [5.74, 6) is 0. The summed E-state index contributed by atoms with van der Waals surface area (Å²) < 4.78 is 2.40. The fourth-order valence-corrected chi connectivity index (χ4v) is 6.99. The number of rotatable bonds is 5. The van der Waals surface area contributed by atoms with Gasteiger partial charge in [-0.25, -0.2) is 0 Å². The van der Waals surface area contributed by atoms with E-state index in [2.05, 4.69) is 179 Å². The molecule has 0 atom stereocenters. The van der Waals surface area contributed by atoms with E-state index in [0.717, 1.165) is 11.4 Å². The quantitative estimate of drug-likeness (QED) is 0.190. The number of fused-ring (bicyclic) bond motifs is 1. The lowest BCUT2D eigenvalue weighted by Crippen LogP contribution is -2.10. The van der Waals surface area contributed by atoms with Crippen LogP contribution < -0.4 is 4.90 Å². The summed E-state index contributed by atoms with van der Waals surface area (Å²) in [6.07, 6.45) is 0. The van der Waals surface area contributed by atoms with Crippen molar-refractivity contribution in [3.63, 3.8) is 0 Å². The van der Waals surface area contributed by atoms with E-state index >= 15 is 0 Å². The van der Waals surface area contributed by atoms with Gasteiger partial charge >= 0.3 is 0 Å². The Hall–Kier alpha value is -5.86. The van der Waals surface area contributed by atoms with Crippen LogP contribution in [0, 0.1) is 0 Å². The first-order chi connectivity index (χ1) is 21.8. The van der Waals surface area contributed by atoms with Gasteiger partial charge < -0.3 is 9.47 Å². The maximum atomic E-state index is 2.40. The summed E-state index contributed by atoms with van der Waals surface area (Å²) in [6.45, 7) is 0. The molecule has 0 aliphatic heterocycles. The van der Waals surface area contributed by atoms with Crippen molar-refractivity contribution in [1.82, 2.24) is 4.57 Å². The van der Waals surface area contributed by atoms with Gasteiger partial charge in [0.05, 0.1) is 16.7 Å². The van der Waals surface area contributed by atoms with Gasteiger partial charge in [0.1, 0.15) is 0 Å². The Morgan fingerprint density at radius 2 is 1.05 bits per heavy atom. The van der Waals surface area contributed by atoms with Crippen molar-refractivity contribution in [3.8, 4) is 16.8 Å². The molecule has 0 aliphatic carbocycles. The average molecular weight is 561 g/mol.